The highest BCUT2D eigenvalue weighted by atomic mass is 16.1. The van der Waals surface area contributed by atoms with E-state index in [0.717, 1.165) is 11.3 Å². The van der Waals surface area contributed by atoms with Crippen molar-refractivity contribution in [2.45, 2.75) is 6.54 Å². The predicted molar refractivity (Wildman–Crippen MR) is 78.1 cm³/mol. The summed E-state index contributed by atoms with van der Waals surface area (Å²) in [6, 6.07) is 14.9. The number of nitrogens with zero attached hydrogens (tertiary/aromatic N) is 4. The molecule has 0 unspecified atom stereocenters. The Balaban J connectivity index is 1.89. The average Bonchev–Trinajstić information content (AvgIpc) is 2.99. The molecule has 5 nitrogen and oxygen atoms in total. The molecule has 2 aromatic heterocycles. The smallest absolute Gasteiger partial charge is 0.268 e. The standard InChI is InChI=1S/C16H12N4O/c17-9-14-5-4-8-19(16(14)21)11-13-10-18-20(12-13)15-6-2-1-3-7-15/h1-8,10,12H,11H2. The first-order valence-electron chi connectivity index (χ1n) is 6.46. The van der Waals surface area contributed by atoms with Gasteiger partial charge in [-0.05, 0) is 24.3 Å². The molecule has 2 heterocycles. The largest absolute Gasteiger partial charge is 0.310 e. The molecule has 0 aliphatic heterocycles. The van der Waals surface area contributed by atoms with E-state index in [9.17, 15) is 4.79 Å². The first-order chi connectivity index (χ1) is 10.3. The van der Waals surface area contributed by atoms with Gasteiger partial charge in [0.15, 0.2) is 0 Å². The zero-order valence-electron chi connectivity index (χ0n) is 11.2. The summed E-state index contributed by atoms with van der Waals surface area (Å²) in [5.41, 5.74) is 1.72. The van der Waals surface area contributed by atoms with Crippen LogP contribution < -0.4 is 5.56 Å². The zero-order chi connectivity index (χ0) is 14.7. The van der Waals surface area contributed by atoms with Gasteiger partial charge in [-0.3, -0.25) is 4.79 Å². The van der Waals surface area contributed by atoms with Crippen molar-refractivity contribution in [3.8, 4) is 11.8 Å². The second-order valence-corrected chi connectivity index (χ2v) is 4.60. The molecular formula is C16H12N4O. The van der Waals surface area contributed by atoms with Gasteiger partial charge in [0, 0.05) is 18.0 Å². The number of rotatable bonds is 3. The molecule has 0 aliphatic rings. The Morgan fingerprint density at radius 3 is 2.71 bits per heavy atom. The summed E-state index contributed by atoms with van der Waals surface area (Å²) in [6.07, 6.45) is 5.27. The van der Waals surface area contributed by atoms with Crippen LogP contribution in [-0.2, 0) is 6.54 Å². The summed E-state index contributed by atoms with van der Waals surface area (Å²) in [5, 5.41) is 13.2. The molecule has 0 amide bonds. The lowest BCUT2D eigenvalue weighted by Gasteiger charge is -2.03. The summed E-state index contributed by atoms with van der Waals surface area (Å²) < 4.78 is 3.26. The Bertz CT molecular complexity index is 856. The molecule has 0 saturated carbocycles. The quantitative estimate of drug-likeness (QED) is 0.734. The molecule has 5 heteroatoms. The van der Waals surface area contributed by atoms with Gasteiger partial charge in [0.05, 0.1) is 18.4 Å². The van der Waals surface area contributed by atoms with Gasteiger partial charge >= 0.3 is 0 Å². The van der Waals surface area contributed by atoms with Crippen LogP contribution in [0.15, 0.2) is 65.8 Å². The molecule has 3 rings (SSSR count). The van der Waals surface area contributed by atoms with E-state index in [1.165, 1.54) is 10.6 Å². The lowest BCUT2D eigenvalue weighted by atomic mass is 10.3. The van der Waals surface area contributed by atoms with Gasteiger partial charge in [-0.1, -0.05) is 18.2 Å². The minimum Gasteiger partial charge on any atom is -0.310 e. The van der Waals surface area contributed by atoms with E-state index in [0.29, 0.717) is 6.54 Å². The fourth-order valence-corrected chi connectivity index (χ4v) is 2.11. The first-order valence-corrected chi connectivity index (χ1v) is 6.46. The maximum Gasteiger partial charge on any atom is 0.268 e. The molecule has 102 valence electrons. The predicted octanol–water partition coefficient (Wildman–Crippen LogP) is 1.95. The van der Waals surface area contributed by atoms with Crippen LogP contribution in [0.1, 0.15) is 11.1 Å². The highest BCUT2D eigenvalue weighted by molar-refractivity contribution is 5.31. The third kappa shape index (κ3) is 2.60. The maximum atomic E-state index is 12.0. The number of benzene rings is 1. The van der Waals surface area contributed by atoms with Crippen LogP contribution in [0.4, 0.5) is 0 Å². The summed E-state index contributed by atoms with van der Waals surface area (Å²) in [4.78, 5) is 12.0. The second-order valence-electron chi connectivity index (χ2n) is 4.60. The van der Waals surface area contributed by atoms with Crippen LogP contribution in [-0.4, -0.2) is 14.3 Å². The number of aromatic nitrogens is 3. The monoisotopic (exact) mass is 276 g/mol. The fraction of sp³-hybridized carbons (Fsp3) is 0.0625. The first kappa shape index (κ1) is 12.9. The van der Waals surface area contributed by atoms with E-state index < -0.39 is 0 Å². The third-order valence-corrected chi connectivity index (χ3v) is 3.15. The zero-order valence-corrected chi connectivity index (χ0v) is 11.2. The average molecular weight is 276 g/mol. The number of nitriles is 1. The Labute approximate surface area is 121 Å². The van der Waals surface area contributed by atoms with Crippen LogP contribution in [0.5, 0.6) is 0 Å². The van der Waals surface area contributed by atoms with Crippen molar-refractivity contribution in [1.82, 2.24) is 14.3 Å². The molecule has 0 bridgehead atoms. The van der Waals surface area contributed by atoms with Crippen molar-refractivity contribution >= 4 is 0 Å². The van der Waals surface area contributed by atoms with Crippen molar-refractivity contribution in [2.75, 3.05) is 0 Å². The van der Waals surface area contributed by atoms with Gasteiger partial charge < -0.3 is 4.57 Å². The van der Waals surface area contributed by atoms with E-state index in [1.807, 2.05) is 42.6 Å². The third-order valence-electron chi connectivity index (χ3n) is 3.15. The normalized spacial score (nSPS) is 10.2. The number of hydrogen-bond acceptors (Lipinski definition) is 3. The van der Waals surface area contributed by atoms with Crippen molar-refractivity contribution in [1.29, 1.82) is 5.26 Å². The lowest BCUT2D eigenvalue weighted by molar-refractivity contribution is 0.756. The summed E-state index contributed by atoms with van der Waals surface area (Å²) in [5.74, 6) is 0. The van der Waals surface area contributed by atoms with Crippen LogP contribution in [0.25, 0.3) is 5.69 Å². The molecule has 0 atom stereocenters. The Morgan fingerprint density at radius 2 is 1.95 bits per heavy atom. The van der Waals surface area contributed by atoms with Gasteiger partial charge in [-0.15, -0.1) is 0 Å². The summed E-state index contributed by atoms with van der Waals surface area (Å²) in [6.45, 7) is 0.390. The van der Waals surface area contributed by atoms with Crippen molar-refractivity contribution in [2.24, 2.45) is 0 Å². The highest BCUT2D eigenvalue weighted by Gasteiger charge is 2.05. The summed E-state index contributed by atoms with van der Waals surface area (Å²) >= 11 is 0. The molecule has 3 aromatic rings. The fourth-order valence-electron chi connectivity index (χ4n) is 2.11. The molecule has 0 fully saturated rings. The van der Waals surface area contributed by atoms with Crippen molar-refractivity contribution in [3.63, 3.8) is 0 Å². The van der Waals surface area contributed by atoms with Gasteiger partial charge in [0.1, 0.15) is 11.6 Å². The van der Waals surface area contributed by atoms with Gasteiger partial charge in [-0.25, -0.2) is 4.68 Å². The van der Waals surface area contributed by atoms with E-state index in [2.05, 4.69) is 5.10 Å². The van der Waals surface area contributed by atoms with E-state index >= 15 is 0 Å². The van der Waals surface area contributed by atoms with Crippen LogP contribution in [0, 0.1) is 11.3 Å². The van der Waals surface area contributed by atoms with Crippen molar-refractivity contribution < 1.29 is 0 Å². The Kier molecular flexibility index (Phi) is 3.36. The second kappa shape index (κ2) is 5.47. The Hall–Kier alpha value is -3.13. The molecule has 0 saturated heterocycles. The van der Waals surface area contributed by atoms with Gasteiger partial charge in [0.25, 0.3) is 5.56 Å². The van der Waals surface area contributed by atoms with E-state index in [1.54, 1.807) is 23.1 Å². The number of para-hydroxylation sites is 1. The minimum absolute atomic E-state index is 0.146. The summed E-state index contributed by atoms with van der Waals surface area (Å²) in [7, 11) is 0. The molecule has 0 aliphatic carbocycles. The number of hydrogen-bond donors (Lipinski definition) is 0. The van der Waals surface area contributed by atoms with Gasteiger partial charge in [-0.2, -0.15) is 10.4 Å². The molecule has 21 heavy (non-hydrogen) atoms. The molecule has 0 N–H and O–H groups in total. The minimum atomic E-state index is -0.285. The molecular weight excluding hydrogens is 264 g/mol. The highest BCUT2D eigenvalue weighted by Crippen LogP contribution is 2.08. The van der Waals surface area contributed by atoms with Crippen LogP contribution in [0.3, 0.4) is 0 Å². The maximum absolute atomic E-state index is 12.0. The number of pyridine rings is 1. The van der Waals surface area contributed by atoms with E-state index in [4.69, 9.17) is 5.26 Å². The Morgan fingerprint density at radius 1 is 1.14 bits per heavy atom. The molecule has 0 radical (unpaired) electrons. The molecule has 0 spiro atoms. The van der Waals surface area contributed by atoms with Crippen LogP contribution >= 0.6 is 0 Å². The van der Waals surface area contributed by atoms with E-state index in [-0.39, 0.29) is 11.1 Å². The topological polar surface area (TPSA) is 63.6 Å². The van der Waals surface area contributed by atoms with Gasteiger partial charge in [0.2, 0.25) is 0 Å². The van der Waals surface area contributed by atoms with Crippen LogP contribution in [0.2, 0.25) is 0 Å². The lowest BCUT2D eigenvalue weighted by Crippen LogP contribution is -2.21. The molecule has 1 aromatic carbocycles. The van der Waals surface area contributed by atoms with Crippen molar-refractivity contribution in [3.05, 3.63) is 82.5 Å². The SMILES string of the molecule is N#Cc1cccn(Cc2cnn(-c3ccccc3)c2)c1=O.